The van der Waals surface area contributed by atoms with Crippen molar-refractivity contribution in [3.8, 4) is 0 Å². The molecule has 0 aliphatic heterocycles. The van der Waals surface area contributed by atoms with Gasteiger partial charge in [-0.05, 0) is 53.7 Å². The van der Waals surface area contributed by atoms with Gasteiger partial charge in [0.2, 0.25) is 0 Å². The molecule has 2 rings (SSSR count). The fraction of sp³-hybridized carbons (Fsp3) is 0.600. The highest BCUT2D eigenvalue weighted by Crippen LogP contribution is 2.41. The molecule has 1 aromatic heterocycles. The summed E-state index contributed by atoms with van der Waals surface area (Å²) in [6.45, 7) is 2.16. The molecule has 0 radical (unpaired) electrons. The molecule has 0 saturated heterocycles. The van der Waals surface area contributed by atoms with Crippen LogP contribution in [0.4, 0.5) is 0 Å². The Hall–Kier alpha value is 0.140. The van der Waals surface area contributed by atoms with Gasteiger partial charge < -0.3 is 5.32 Å². The molecule has 3 heteroatoms. The van der Waals surface area contributed by atoms with Crippen LogP contribution in [0.25, 0.3) is 0 Å². The third-order valence-corrected chi connectivity index (χ3v) is 5.32. The minimum atomic E-state index is 0.430. The highest BCUT2D eigenvalue weighted by molar-refractivity contribution is 9.10. The van der Waals surface area contributed by atoms with Gasteiger partial charge in [-0.25, -0.2) is 0 Å². The number of likely N-dealkylation sites (N-methyl/N-ethyl adjacent to an activating group) is 1. The lowest BCUT2D eigenvalue weighted by Gasteiger charge is -2.12. The fourth-order valence-electron chi connectivity index (χ4n) is 1.58. The van der Waals surface area contributed by atoms with E-state index in [0.717, 1.165) is 0 Å². The minimum absolute atomic E-state index is 0.430. The number of aryl methyl sites for hydroxylation is 1. The van der Waals surface area contributed by atoms with Crippen LogP contribution < -0.4 is 5.32 Å². The normalized spacial score (nSPS) is 19.0. The first kappa shape index (κ1) is 9.69. The third kappa shape index (κ3) is 1.83. The van der Waals surface area contributed by atoms with Crippen LogP contribution in [0.5, 0.6) is 0 Å². The van der Waals surface area contributed by atoms with Crippen LogP contribution in [0.3, 0.4) is 0 Å². The molecule has 1 saturated carbocycles. The van der Waals surface area contributed by atoms with E-state index in [1.165, 1.54) is 34.2 Å². The average molecular weight is 260 g/mol. The van der Waals surface area contributed by atoms with Crippen molar-refractivity contribution in [1.82, 2.24) is 5.32 Å². The summed E-state index contributed by atoms with van der Waals surface area (Å²) in [6.07, 6.45) is 3.84. The van der Waals surface area contributed by atoms with Crippen molar-refractivity contribution in [3.05, 3.63) is 20.3 Å². The molecule has 0 atom stereocenters. The molecular formula is C10H14BrNS. The van der Waals surface area contributed by atoms with Crippen molar-refractivity contribution >= 4 is 27.3 Å². The van der Waals surface area contributed by atoms with E-state index in [1.54, 1.807) is 0 Å². The lowest BCUT2D eigenvalue weighted by Crippen LogP contribution is -2.29. The second kappa shape index (κ2) is 3.37. The molecular weight excluding hydrogens is 246 g/mol. The molecule has 0 unspecified atom stereocenters. The first-order valence-electron chi connectivity index (χ1n) is 4.58. The molecule has 1 aliphatic rings. The van der Waals surface area contributed by atoms with Gasteiger partial charge in [-0.1, -0.05) is 0 Å². The zero-order valence-corrected chi connectivity index (χ0v) is 10.4. The van der Waals surface area contributed by atoms with E-state index in [-0.39, 0.29) is 0 Å². The van der Waals surface area contributed by atoms with Crippen molar-refractivity contribution in [2.45, 2.75) is 31.7 Å². The van der Waals surface area contributed by atoms with E-state index in [1.807, 2.05) is 11.3 Å². The quantitative estimate of drug-likeness (QED) is 0.880. The maximum absolute atomic E-state index is 3.64. The maximum Gasteiger partial charge on any atom is 0.0344 e. The summed E-state index contributed by atoms with van der Waals surface area (Å²) in [5.41, 5.74) is 1.80. The summed E-state index contributed by atoms with van der Waals surface area (Å²) < 4.78 is 1.32. The van der Waals surface area contributed by atoms with Crippen LogP contribution in [0.1, 0.15) is 23.3 Å². The zero-order chi connectivity index (χ0) is 9.47. The first-order valence-corrected chi connectivity index (χ1v) is 6.25. The van der Waals surface area contributed by atoms with Crippen molar-refractivity contribution in [1.29, 1.82) is 0 Å². The summed E-state index contributed by atoms with van der Waals surface area (Å²) >= 11 is 5.51. The van der Waals surface area contributed by atoms with Crippen molar-refractivity contribution < 1.29 is 0 Å². The predicted octanol–water partition coefficient (Wildman–Crippen LogP) is 3.11. The van der Waals surface area contributed by atoms with Crippen LogP contribution in [0.2, 0.25) is 0 Å². The van der Waals surface area contributed by atoms with Gasteiger partial charge in [0.15, 0.2) is 0 Å². The first-order chi connectivity index (χ1) is 6.17. The molecule has 1 aromatic rings. The van der Waals surface area contributed by atoms with E-state index in [0.29, 0.717) is 5.54 Å². The molecule has 1 heterocycles. The molecule has 1 N–H and O–H groups in total. The Morgan fingerprint density at radius 3 is 2.69 bits per heavy atom. The molecule has 72 valence electrons. The molecule has 1 nitrogen and oxygen atoms in total. The number of nitrogens with one attached hydrogen (secondary N) is 1. The van der Waals surface area contributed by atoms with Crippen LogP contribution in [0.15, 0.2) is 9.85 Å². The van der Waals surface area contributed by atoms with Gasteiger partial charge in [-0.3, -0.25) is 0 Å². The highest BCUT2D eigenvalue weighted by atomic mass is 79.9. The Labute approximate surface area is 91.7 Å². The van der Waals surface area contributed by atoms with Gasteiger partial charge in [0.1, 0.15) is 0 Å². The maximum atomic E-state index is 3.64. The van der Waals surface area contributed by atoms with Crippen LogP contribution in [-0.2, 0) is 6.42 Å². The molecule has 0 amide bonds. The third-order valence-electron chi connectivity index (χ3n) is 2.85. The molecule has 1 fully saturated rings. The Bertz CT molecular complexity index is 315. The van der Waals surface area contributed by atoms with Crippen LogP contribution in [-0.4, -0.2) is 12.6 Å². The number of thiophene rings is 1. The second-order valence-electron chi connectivity index (χ2n) is 3.86. The summed E-state index contributed by atoms with van der Waals surface area (Å²) in [4.78, 5) is 1.49. The van der Waals surface area contributed by atoms with Crippen LogP contribution >= 0.6 is 27.3 Å². The van der Waals surface area contributed by atoms with Gasteiger partial charge in [0, 0.05) is 21.3 Å². The Morgan fingerprint density at radius 1 is 1.62 bits per heavy atom. The topological polar surface area (TPSA) is 12.0 Å². The highest BCUT2D eigenvalue weighted by Gasteiger charge is 2.41. The molecule has 0 spiro atoms. The second-order valence-corrected chi connectivity index (χ2v) is 5.62. The van der Waals surface area contributed by atoms with Gasteiger partial charge in [-0.2, -0.15) is 0 Å². The minimum Gasteiger partial charge on any atom is -0.314 e. The monoisotopic (exact) mass is 259 g/mol. The van der Waals surface area contributed by atoms with Crippen molar-refractivity contribution in [2.24, 2.45) is 0 Å². The van der Waals surface area contributed by atoms with Crippen molar-refractivity contribution in [3.63, 3.8) is 0 Å². The Balaban J connectivity index is 2.14. The van der Waals surface area contributed by atoms with E-state index >= 15 is 0 Å². The van der Waals surface area contributed by atoms with Gasteiger partial charge in [-0.15, -0.1) is 11.3 Å². The van der Waals surface area contributed by atoms with Crippen molar-refractivity contribution in [2.75, 3.05) is 7.05 Å². The van der Waals surface area contributed by atoms with E-state index in [4.69, 9.17) is 0 Å². The van der Waals surface area contributed by atoms with Gasteiger partial charge in [0.05, 0.1) is 0 Å². The number of hydrogen-bond donors (Lipinski definition) is 1. The summed E-state index contributed by atoms with van der Waals surface area (Å²) in [7, 11) is 2.07. The number of halogens is 1. The lowest BCUT2D eigenvalue weighted by molar-refractivity contribution is 0.552. The summed E-state index contributed by atoms with van der Waals surface area (Å²) in [6, 6.07) is 0. The van der Waals surface area contributed by atoms with Gasteiger partial charge >= 0.3 is 0 Å². The molecule has 1 aliphatic carbocycles. The average Bonchev–Trinajstić information content (AvgIpc) is 2.85. The Kier molecular flexibility index (Phi) is 2.51. The largest absolute Gasteiger partial charge is 0.314 e. The van der Waals surface area contributed by atoms with Crippen LogP contribution in [0, 0.1) is 6.92 Å². The fourth-order valence-corrected chi connectivity index (χ4v) is 3.32. The smallest absolute Gasteiger partial charge is 0.0344 e. The Morgan fingerprint density at radius 2 is 2.31 bits per heavy atom. The van der Waals surface area contributed by atoms with Gasteiger partial charge in [0.25, 0.3) is 0 Å². The number of rotatable bonds is 3. The van der Waals surface area contributed by atoms with E-state index < -0.39 is 0 Å². The predicted molar refractivity (Wildman–Crippen MR) is 61.5 cm³/mol. The number of hydrogen-bond acceptors (Lipinski definition) is 2. The SMILES string of the molecule is CNC1(Cc2scc(C)c2Br)CC1. The molecule has 13 heavy (non-hydrogen) atoms. The van der Waals surface area contributed by atoms with E-state index in [2.05, 4.69) is 40.6 Å². The summed E-state index contributed by atoms with van der Waals surface area (Å²) in [5, 5.41) is 5.65. The lowest BCUT2D eigenvalue weighted by atomic mass is 10.1. The standard InChI is InChI=1S/C10H14BrNS/c1-7-6-13-8(9(7)11)5-10(12-2)3-4-10/h6,12H,3-5H2,1-2H3. The zero-order valence-electron chi connectivity index (χ0n) is 7.98. The summed E-state index contributed by atoms with van der Waals surface area (Å²) in [5.74, 6) is 0. The van der Waals surface area contributed by atoms with E-state index in [9.17, 15) is 0 Å². The molecule has 0 aromatic carbocycles. The molecule has 0 bridgehead atoms.